The van der Waals surface area contributed by atoms with Crippen molar-refractivity contribution in [3.8, 4) is 11.5 Å². The summed E-state index contributed by atoms with van der Waals surface area (Å²) in [6.45, 7) is 0. The predicted molar refractivity (Wildman–Crippen MR) is 91.1 cm³/mol. The Hall–Kier alpha value is -2.81. The van der Waals surface area contributed by atoms with Crippen LogP contribution in [0.5, 0.6) is 11.5 Å². The maximum Gasteiger partial charge on any atom is 0.271 e. The first-order chi connectivity index (χ1) is 10.9. The summed E-state index contributed by atoms with van der Waals surface area (Å²) in [4.78, 5) is 11.4. The van der Waals surface area contributed by atoms with Crippen molar-refractivity contribution < 1.29 is 14.3 Å². The van der Waals surface area contributed by atoms with Gasteiger partial charge in [0.1, 0.15) is 11.5 Å². The summed E-state index contributed by atoms with van der Waals surface area (Å²) in [5.41, 5.74) is 6.48. The molecule has 0 atom stereocenters. The molecule has 1 aromatic heterocycles. The number of benzene rings is 1. The van der Waals surface area contributed by atoms with Crippen LogP contribution in [-0.2, 0) is 7.05 Å². The van der Waals surface area contributed by atoms with E-state index in [2.05, 4.69) is 15.7 Å². The number of aromatic nitrogens is 2. The van der Waals surface area contributed by atoms with Crippen LogP contribution in [0.4, 0.5) is 11.4 Å². The molecule has 0 fully saturated rings. The molecule has 2 aromatic rings. The van der Waals surface area contributed by atoms with E-state index in [1.165, 1.54) is 4.68 Å². The van der Waals surface area contributed by atoms with E-state index in [1.54, 1.807) is 45.7 Å². The van der Waals surface area contributed by atoms with Crippen LogP contribution in [0.1, 0.15) is 10.5 Å². The van der Waals surface area contributed by atoms with E-state index in [0.717, 1.165) is 0 Å². The molecular formula is C14H17N5O3S. The van der Waals surface area contributed by atoms with Crippen molar-refractivity contribution in [3.05, 3.63) is 30.1 Å². The number of rotatable bonds is 5. The topological polar surface area (TPSA) is 103 Å². The van der Waals surface area contributed by atoms with Gasteiger partial charge in [0.2, 0.25) is 0 Å². The van der Waals surface area contributed by atoms with Gasteiger partial charge < -0.3 is 25.8 Å². The molecular weight excluding hydrogens is 318 g/mol. The molecule has 9 heteroatoms. The highest BCUT2D eigenvalue weighted by atomic mass is 32.1. The van der Waals surface area contributed by atoms with Crippen LogP contribution >= 0.6 is 12.2 Å². The minimum absolute atomic E-state index is 0.111. The molecule has 0 unspecified atom stereocenters. The van der Waals surface area contributed by atoms with Crippen LogP contribution in [0.3, 0.4) is 0 Å². The van der Waals surface area contributed by atoms with Crippen molar-refractivity contribution in [2.75, 3.05) is 24.9 Å². The van der Waals surface area contributed by atoms with Crippen LogP contribution in [0.2, 0.25) is 0 Å². The monoisotopic (exact) mass is 335 g/mol. The molecule has 1 aromatic carbocycles. The van der Waals surface area contributed by atoms with Gasteiger partial charge >= 0.3 is 0 Å². The lowest BCUT2D eigenvalue weighted by Gasteiger charge is -2.12. The van der Waals surface area contributed by atoms with Crippen LogP contribution in [-0.4, -0.2) is 35.0 Å². The number of primary amides is 1. The first-order valence-electron chi connectivity index (χ1n) is 6.57. The zero-order chi connectivity index (χ0) is 17.0. The number of hydrogen-bond donors (Lipinski definition) is 3. The molecule has 2 rings (SSSR count). The summed E-state index contributed by atoms with van der Waals surface area (Å²) in [7, 11) is 4.80. The molecule has 0 spiro atoms. The number of anilines is 2. The summed E-state index contributed by atoms with van der Waals surface area (Å²) < 4.78 is 11.9. The minimum atomic E-state index is -0.640. The Balaban J connectivity index is 2.15. The van der Waals surface area contributed by atoms with E-state index in [0.29, 0.717) is 22.9 Å². The number of carbonyl (C=O) groups is 1. The number of methoxy groups -OCH3 is 2. The zero-order valence-electron chi connectivity index (χ0n) is 12.9. The van der Waals surface area contributed by atoms with E-state index in [9.17, 15) is 4.79 Å². The Morgan fingerprint density at radius 3 is 2.35 bits per heavy atom. The Morgan fingerprint density at radius 2 is 1.83 bits per heavy atom. The molecule has 23 heavy (non-hydrogen) atoms. The number of hydrogen-bond acceptors (Lipinski definition) is 5. The fourth-order valence-electron chi connectivity index (χ4n) is 1.93. The van der Waals surface area contributed by atoms with Gasteiger partial charge in [0.15, 0.2) is 10.8 Å². The third-order valence-electron chi connectivity index (χ3n) is 2.92. The normalized spacial score (nSPS) is 10.0. The zero-order valence-corrected chi connectivity index (χ0v) is 13.7. The van der Waals surface area contributed by atoms with E-state index >= 15 is 0 Å². The third kappa shape index (κ3) is 4.10. The molecule has 0 radical (unpaired) electrons. The van der Waals surface area contributed by atoms with Gasteiger partial charge in [0.25, 0.3) is 5.91 Å². The summed E-state index contributed by atoms with van der Waals surface area (Å²) in [6, 6.07) is 5.26. The maximum atomic E-state index is 11.4. The molecule has 8 nitrogen and oxygen atoms in total. The van der Waals surface area contributed by atoms with Crippen LogP contribution in [0.15, 0.2) is 24.4 Å². The lowest BCUT2D eigenvalue weighted by molar-refractivity contribution is 0.0995. The van der Waals surface area contributed by atoms with Gasteiger partial charge in [-0.15, -0.1) is 0 Å². The SMILES string of the molecule is COc1cc(NC(=S)Nc2cn(C)nc2C(N)=O)cc(OC)c1. The molecule has 1 amide bonds. The number of thiocarbonyl (C=S) groups is 1. The van der Waals surface area contributed by atoms with Gasteiger partial charge in [-0.2, -0.15) is 5.10 Å². The second kappa shape index (κ2) is 6.97. The van der Waals surface area contributed by atoms with E-state index in [1.807, 2.05) is 0 Å². The van der Waals surface area contributed by atoms with Crippen LogP contribution in [0.25, 0.3) is 0 Å². The van der Waals surface area contributed by atoms with E-state index < -0.39 is 5.91 Å². The lowest BCUT2D eigenvalue weighted by atomic mass is 10.3. The van der Waals surface area contributed by atoms with E-state index in [-0.39, 0.29) is 10.8 Å². The summed E-state index contributed by atoms with van der Waals surface area (Å²) in [5, 5.41) is 10.1. The van der Waals surface area contributed by atoms with Crippen molar-refractivity contribution in [1.29, 1.82) is 0 Å². The number of nitrogens with zero attached hydrogens (tertiary/aromatic N) is 2. The summed E-state index contributed by atoms with van der Waals surface area (Å²) >= 11 is 5.24. The quantitative estimate of drug-likeness (QED) is 0.709. The van der Waals surface area contributed by atoms with Crippen molar-refractivity contribution in [2.24, 2.45) is 12.8 Å². The third-order valence-corrected chi connectivity index (χ3v) is 3.12. The Kier molecular flexibility index (Phi) is 5.02. The van der Waals surface area contributed by atoms with Crippen molar-refractivity contribution in [1.82, 2.24) is 9.78 Å². The van der Waals surface area contributed by atoms with Crippen LogP contribution < -0.4 is 25.8 Å². The number of carbonyl (C=O) groups excluding carboxylic acids is 1. The average molecular weight is 335 g/mol. The molecule has 4 N–H and O–H groups in total. The van der Waals surface area contributed by atoms with Gasteiger partial charge in [-0.05, 0) is 12.2 Å². The first-order valence-corrected chi connectivity index (χ1v) is 6.98. The number of ether oxygens (including phenoxy) is 2. The summed E-state index contributed by atoms with van der Waals surface area (Å²) in [5.74, 6) is 0.599. The smallest absolute Gasteiger partial charge is 0.271 e. The molecule has 0 saturated heterocycles. The second-order valence-corrected chi connectivity index (χ2v) is 5.02. The molecule has 1 heterocycles. The Morgan fingerprint density at radius 1 is 1.22 bits per heavy atom. The number of nitrogens with two attached hydrogens (primary N) is 1. The van der Waals surface area contributed by atoms with Gasteiger partial charge in [-0.1, -0.05) is 0 Å². The second-order valence-electron chi connectivity index (χ2n) is 4.61. The van der Waals surface area contributed by atoms with Crippen molar-refractivity contribution in [2.45, 2.75) is 0 Å². The number of amides is 1. The van der Waals surface area contributed by atoms with Crippen LogP contribution in [0, 0.1) is 0 Å². The molecule has 0 aliphatic heterocycles. The fraction of sp³-hybridized carbons (Fsp3) is 0.214. The molecule has 0 aliphatic carbocycles. The lowest BCUT2D eigenvalue weighted by Crippen LogP contribution is -2.21. The molecule has 0 bridgehead atoms. The summed E-state index contributed by atoms with van der Waals surface area (Å²) in [6.07, 6.45) is 1.61. The van der Waals surface area contributed by atoms with Crippen molar-refractivity contribution >= 4 is 34.6 Å². The number of aryl methyl sites for hydroxylation is 1. The predicted octanol–water partition coefficient (Wildman–Crippen LogP) is 1.35. The van der Waals surface area contributed by atoms with E-state index in [4.69, 9.17) is 27.4 Å². The average Bonchev–Trinajstić information content (AvgIpc) is 2.87. The highest BCUT2D eigenvalue weighted by Crippen LogP contribution is 2.26. The number of nitrogens with one attached hydrogen (secondary N) is 2. The Labute approximate surface area is 138 Å². The molecule has 122 valence electrons. The fourth-order valence-corrected chi connectivity index (χ4v) is 2.15. The first kappa shape index (κ1) is 16.6. The van der Waals surface area contributed by atoms with Crippen molar-refractivity contribution in [3.63, 3.8) is 0 Å². The minimum Gasteiger partial charge on any atom is -0.497 e. The standard InChI is InChI=1S/C14H17N5O3S/c1-19-7-11(12(18-19)13(15)20)17-14(23)16-8-4-9(21-2)6-10(5-8)22-3/h4-7H,1-3H3,(H2,15,20)(H2,16,17,23). The Bertz CT molecular complexity index is 722. The molecule has 0 saturated carbocycles. The molecule has 0 aliphatic rings. The van der Waals surface area contributed by atoms with Gasteiger partial charge in [-0.25, -0.2) is 0 Å². The van der Waals surface area contributed by atoms with Gasteiger partial charge in [-0.3, -0.25) is 9.48 Å². The maximum absolute atomic E-state index is 11.4. The van der Waals surface area contributed by atoms with Gasteiger partial charge in [0, 0.05) is 37.1 Å². The van der Waals surface area contributed by atoms with Gasteiger partial charge in [0.05, 0.1) is 19.9 Å². The highest BCUT2D eigenvalue weighted by molar-refractivity contribution is 7.80. The largest absolute Gasteiger partial charge is 0.497 e. The highest BCUT2D eigenvalue weighted by Gasteiger charge is 2.14.